The molecule has 2 amide bonds. The number of hydrogen-bond acceptors (Lipinski definition) is 7. The van der Waals surface area contributed by atoms with Gasteiger partial charge in [-0.1, -0.05) is 23.9 Å². The van der Waals surface area contributed by atoms with Crippen LogP contribution in [0.15, 0.2) is 52.2 Å². The Morgan fingerprint density at radius 3 is 2.69 bits per heavy atom. The zero-order valence-electron chi connectivity index (χ0n) is 14.0. The smallest absolute Gasteiger partial charge is 0.379 e. The van der Waals surface area contributed by atoms with Gasteiger partial charge in [-0.05, 0) is 29.8 Å². The van der Waals surface area contributed by atoms with E-state index in [1.807, 2.05) is 0 Å². The Bertz CT molecular complexity index is 878. The first-order valence-electron chi connectivity index (χ1n) is 7.62. The monoisotopic (exact) mass is 373 g/mol. The molecule has 1 aliphatic heterocycles. The van der Waals surface area contributed by atoms with E-state index in [0.717, 1.165) is 0 Å². The second kappa shape index (κ2) is 7.44. The van der Waals surface area contributed by atoms with E-state index < -0.39 is 11.3 Å². The molecule has 2 heterocycles. The lowest BCUT2D eigenvalue weighted by molar-refractivity contribution is -0.129. The maximum absolute atomic E-state index is 12.0. The molecule has 9 heteroatoms. The normalized spacial score (nSPS) is 16.2. The number of ether oxygens (including phenoxy) is 1. The molecule has 0 radical (unpaired) electrons. The number of nitrogens with zero attached hydrogens (tertiary/aromatic N) is 2. The van der Waals surface area contributed by atoms with E-state index in [1.165, 1.54) is 42.9 Å². The molecule has 0 fully saturated rings. The molecule has 1 aliphatic rings. The summed E-state index contributed by atoms with van der Waals surface area (Å²) in [7, 11) is 0. The number of amides is 2. The van der Waals surface area contributed by atoms with E-state index in [4.69, 9.17) is 9.15 Å². The van der Waals surface area contributed by atoms with Crippen LogP contribution >= 0.6 is 11.8 Å². The van der Waals surface area contributed by atoms with Gasteiger partial charge in [0.25, 0.3) is 0 Å². The molecular weight excluding hydrogens is 358 g/mol. The van der Waals surface area contributed by atoms with E-state index in [0.29, 0.717) is 16.5 Å². The summed E-state index contributed by atoms with van der Waals surface area (Å²) in [5.41, 5.74) is 0.694. The highest BCUT2D eigenvalue weighted by Gasteiger charge is 2.32. The van der Waals surface area contributed by atoms with E-state index in [9.17, 15) is 14.4 Å². The van der Waals surface area contributed by atoms with E-state index in [1.54, 1.807) is 30.3 Å². The number of hydrogen-bond donors (Lipinski definition) is 1. The topological polar surface area (TPSA) is 101 Å². The van der Waals surface area contributed by atoms with Crippen LogP contribution in [-0.2, 0) is 9.59 Å². The minimum Gasteiger partial charge on any atom is -0.457 e. The number of rotatable bonds is 3. The molecule has 3 rings (SSSR count). The average Bonchev–Trinajstić information content (AvgIpc) is 3.24. The quantitative estimate of drug-likeness (QED) is 0.655. The molecule has 0 bridgehead atoms. The molecule has 0 saturated carbocycles. The fourth-order valence-corrected chi connectivity index (χ4v) is 3.39. The molecule has 1 aromatic carbocycles. The lowest BCUT2D eigenvalue weighted by Gasteiger charge is -2.19. The van der Waals surface area contributed by atoms with Crippen LogP contribution < -0.4 is 10.1 Å². The Balaban J connectivity index is 1.79. The molecule has 26 heavy (non-hydrogen) atoms. The van der Waals surface area contributed by atoms with Crippen LogP contribution in [0.3, 0.4) is 0 Å². The van der Waals surface area contributed by atoms with Gasteiger partial charge < -0.3 is 14.5 Å². The standard InChI is InChI=1S/C17H15N3O5S/c1-10(21)18-17-19-20(11(2)22)15(26-17)12-5-3-6-13(9-12)25-16(23)14-7-4-8-24-14/h3-9,15H,1-2H3,(H,18,19,21). The van der Waals surface area contributed by atoms with Crippen molar-refractivity contribution in [2.75, 3.05) is 0 Å². The molecule has 1 unspecified atom stereocenters. The number of carbonyl (C=O) groups excluding carboxylic acids is 3. The summed E-state index contributed by atoms with van der Waals surface area (Å²) in [6, 6.07) is 9.84. The van der Waals surface area contributed by atoms with Crippen LogP contribution in [0.4, 0.5) is 0 Å². The lowest BCUT2D eigenvalue weighted by atomic mass is 10.2. The van der Waals surface area contributed by atoms with Crippen molar-refractivity contribution in [2.24, 2.45) is 5.10 Å². The van der Waals surface area contributed by atoms with Crippen molar-refractivity contribution in [3.63, 3.8) is 0 Å². The molecule has 1 N–H and O–H groups in total. The number of furan rings is 1. The summed E-state index contributed by atoms with van der Waals surface area (Å²) in [6.07, 6.45) is 1.38. The van der Waals surface area contributed by atoms with Crippen molar-refractivity contribution >= 4 is 34.7 Å². The van der Waals surface area contributed by atoms with Gasteiger partial charge in [0.05, 0.1) is 6.26 Å². The SMILES string of the molecule is CC(=O)NC1=NN(C(C)=O)C(c2cccc(OC(=O)c3ccco3)c2)S1. The first-order chi connectivity index (χ1) is 12.4. The maximum Gasteiger partial charge on any atom is 0.379 e. The van der Waals surface area contributed by atoms with Gasteiger partial charge in [-0.15, -0.1) is 5.10 Å². The van der Waals surface area contributed by atoms with Crippen molar-refractivity contribution < 1.29 is 23.5 Å². The Morgan fingerprint density at radius 1 is 1.23 bits per heavy atom. The molecule has 8 nitrogen and oxygen atoms in total. The molecule has 1 atom stereocenters. The van der Waals surface area contributed by atoms with Crippen LogP contribution in [0, 0.1) is 0 Å². The number of benzene rings is 1. The van der Waals surface area contributed by atoms with Crippen molar-refractivity contribution in [3.8, 4) is 5.75 Å². The highest BCUT2D eigenvalue weighted by atomic mass is 32.2. The zero-order valence-corrected chi connectivity index (χ0v) is 14.8. The van der Waals surface area contributed by atoms with Gasteiger partial charge in [-0.2, -0.15) is 0 Å². The lowest BCUT2D eigenvalue weighted by Crippen LogP contribution is -2.25. The van der Waals surface area contributed by atoms with Crippen molar-refractivity contribution in [1.29, 1.82) is 0 Å². The van der Waals surface area contributed by atoms with Gasteiger partial charge in [0, 0.05) is 13.8 Å². The fourth-order valence-electron chi connectivity index (χ4n) is 2.26. The molecule has 0 spiro atoms. The third-order valence-electron chi connectivity index (χ3n) is 3.33. The molecule has 1 aromatic heterocycles. The summed E-state index contributed by atoms with van der Waals surface area (Å²) in [5, 5.41) is 7.82. The molecule has 0 saturated heterocycles. The number of nitrogens with one attached hydrogen (secondary N) is 1. The Hall–Kier alpha value is -3.07. The number of thioether (sulfide) groups is 1. The van der Waals surface area contributed by atoms with Crippen LogP contribution in [0.2, 0.25) is 0 Å². The first-order valence-corrected chi connectivity index (χ1v) is 8.50. The number of carbonyl (C=O) groups is 3. The predicted molar refractivity (Wildman–Crippen MR) is 94.2 cm³/mol. The van der Waals surface area contributed by atoms with Crippen LogP contribution in [0.25, 0.3) is 0 Å². The molecule has 0 aliphatic carbocycles. The summed E-state index contributed by atoms with van der Waals surface area (Å²) < 4.78 is 10.3. The first kappa shape index (κ1) is 17.7. The van der Waals surface area contributed by atoms with E-state index in [-0.39, 0.29) is 17.6 Å². The molecular formula is C17H15N3O5S. The van der Waals surface area contributed by atoms with Crippen molar-refractivity contribution in [3.05, 3.63) is 54.0 Å². The van der Waals surface area contributed by atoms with Crippen LogP contribution in [0.5, 0.6) is 5.75 Å². The molecule has 2 aromatic rings. The van der Waals surface area contributed by atoms with Gasteiger partial charge in [-0.25, -0.2) is 9.80 Å². The minimum absolute atomic E-state index is 0.0901. The zero-order chi connectivity index (χ0) is 18.7. The third-order valence-corrected chi connectivity index (χ3v) is 4.43. The number of hydrazone groups is 1. The number of amidine groups is 1. The molecule has 134 valence electrons. The van der Waals surface area contributed by atoms with E-state index >= 15 is 0 Å². The van der Waals surface area contributed by atoms with Gasteiger partial charge in [-0.3, -0.25) is 9.59 Å². The summed E-state index contributed by atoms with van der Waals surface area (Å²) in [4.78, 5) is 35.1. The number of esters is 1. The maximum atomic E-state index is 12.0. The Kier molecular flexibility index (Phi) is 5.08. The Morgan fingerprint density at radius 2 is 2.04 bits per heavy atom. The largest absolute Gasteiger partial charge is 0.457 e. The van der Waals surface area contributed by atoms with Gasteiger partial charge in [0.2, 0.25) is 17.6 Å². The average molecular weight is 373 g/mol. The second-order valence-corrected chi connectivity index (χ2v) is 6.43. The third kappa shape index (κ3) is 3.94. The Labute approximate surface area is 153 Å². The van der Waals surface area contributed by atoms with Gasteiger partial charge >= 0.3 is 5.97 Å². The summed E-state index contributed by atoms with van der Waals surface area (Å²) in [5.74, 6) is -0.777. The van der Waals surface area contributed by atoms with Crippen molar-refractivity contribution in [2.45, 2.75) is 19.2 Å². The summed E-state index contributed by atoms with van der Waals surface area (Å²) >= 11 is 1.22. The van der Waals surface area contributed by atoms with Gasteiger partial charge in [0.15, 0.2) is 5.17 Å². The predicted octanol–water partition coefficient (Wildman–Crippen LogP) is 2.50. The van der Waals surface area contributed by atoms with Crippen LogP contribution in [0.1, 0.15) is 35.3 Å². The highest BCUT2D eigenvalue weighted by molar-refractivity contribution is 8.14. The van der Waals surface area contributed by atoms with Crippen molar-refractivity contribution in [1.82, 2.24) is 10.3 Å². The fraction of sp³-hybridized carbons (Fsp3) is 0.176. The second-order valence-electron chi connectivity index (χ2n) is 5.36. The van der Waals surface area contributed by atoms with Gasteiger partial charge in [0.1, 0.15) is 11.1 Å². The highest BCUT2D eigenvalue weighted by Crippen LogP contribution is 2.39. The summed E-state index contributed by atoms with van der Waals surface area (Å²) in [6.45, 7) is 2.75. The van der Waals surface area contributed by atoms with E-state index in [2.05, 4.69) is 10.4 Å². The minimum atomic E-state index is -0.621. The van der Waals surface area contributed by atoms with Crippen LogP contribution in [-0.4, -0.2) is 28.0 Å².